The minimum absolute atomic E-state index is 0.0163. The third kappa shape index (κ3) is 3.82. The molecule has 7 aromatic rings. The van der Waals surface area contributed by atoms with Crippen LogP contribution in [0.3, 0.4) is 0 Å². The second kappa shape index (κ2) is 9.54. The average molecular weight is 669 g/mol. The van der Waals surface area contributed by atoms with Gasteiger partial charge in [-0.3, -0.25) is 0 Å². The number of benzene rings is 6. The molecule has 0 atom stereocenters. The first-order valence-electron chi connectivity index (χ1n) is 14.6. The van der Waals surface area contributed by atoms with E-state index in [1.54, 1.807) is 0 Å². The van der Waals surface area contributed by atoms with Crippen LogP contribution in [-0.2, 0) is 0 Å². The summed E-state index contributed by atoms with van der Waals surface area (Å²) in [4.78, 5) is 0. The summed E-state index contributed by atoms with van der Waals surface area (Å²) in [5.74, 6) is -10.8. The van der Waals surface area contributed by atoms with E-state index in [9.17, 15) is 66.4 Å². The third-order valence-electron chi connectivity index (χ3n) is 9.15. The molecule has 13 N–H and O–H groups in total. The number of furan rings is 1. The minimum atomic E-state index is -1.09. The molecule has 1 fully saturated rings. The lowest BCUT2D eigenvalue weighted by Crippen LogP contribution is -1.94. The van der Waals surface area contributed by atoms with Gasteiger partial charge in [-0.05, 0) is 87.8 Å². The van der Waals surface area contributed by atoms with Gasteiger partial charge in [0, 0.05) is 27.5 Å². The van der Waals surface area contributed by atoms with Crippen molar-refractivity contribution in [3.8, 4) is 97.0 Å². The number of rotatable bonds is 3. The number of hydrogen-bond donors (Lipinski definition) is 13. The maximum Gasteiger partial charge on any atom is 0.205 e. The van der Waals surface area contributed by atoms with E-state index < -0.39 is 85.9 Å². The first-order valence-corrected chi connectivity index (χ1v) is 14.6. The van der Waals surface area contributed by atoms with Gasteiger partial charge in [0.25, 0.3) is 0 Å². The van der Waals surface area contributed by atoms with Gasteiger partial charge in [0.1, 0.15) is 0 Å². The van der Waals surface area contributed by atoms with Gasteiger partial charge in [-0.25, -0.2) is 0 Å². The van der Waals surface area contributed by atoms with Crippen molar-refractivity contribution < 1.29 is 70.8 Å². The standard InChI is InChI=1S/C35H24O14/c36-15-5-11-13(7-17(15)38)23(14-8-18(39)16(37)6-12(14)21(11)10-3-19(40)27(42)20(41)4-10)24-26-25-22(9-1-2-9)28(43)30(45)32(47)34(25)49-35(26)33(48)31(46)29(24)44/h3-9,36-48H,1-2H2. The smallest absolute Gasteiger partial charge is 0.205 e. The van der Waals surface area contributed by atoms with Crippen molar-refractivity contribution in [1.82, 2.24) is 0 Å². The van der Waals surface area contributed by atoms with Crippen LogP contribution in [0, 0.1) is 0 Å². The van der Waals surface area contributed by atoms with Gasteiger partial charge in [0.2, 0.25) is 23.0 Å². The molecule has 0 aliphatic heterocycles. The molecule has 14 nitrogen and oxygen atoms in total. The Bertz CT molecular complexity index is 2560. The number of phenolic OH excluding ortho intramolecular Hbond substituents is 13. The lowest BCUT2D eigenvalue weighted by molar-refractivity contribution is 0.362. The molecule has 8 rings (SSSR count). The molecule has 6 aromatic carbocycles. The molecule has 1 aliphatic carbocycles. The Labute approximate surface area is 271 Å². The highest BCUT2D eigenvalue weighted by atomic mass is 16.4. The van der Waals surface area contributed by atoms with Crippen molar-refractivity contribution >= 4 is 43.5 Å². The Hall–Kier alpha value is -6.96. The maximum atomic E-state index is 11.7. The molecule has 49 heavy (non-hydrogen) atoms. The SMILES string of the molecule is Oc1cc2c(-c3cc(O)c(O)c(O)c3)c3cc(O)c(O)cc3c(-c3c(O)c(O)c(O)c4oc5c(O)c(O)c(O)c(C6CC6)c5c34)c2cc1O. The molecular formula is C35H24O14. The average Bonchev–Trinajstić information content (AvgIpc) is 3.82. The maximum absolute atomic E-state index is 11.7. The summed E-state index contributed by atoms with van der Waals surface area (Å²) >= 11 is 0. The quantitative estimate of drug-likeness (QED) is 0.0729. The van der Waals surface area contributed by atoms with E-state index in [2.05, 4.69) is 0 Å². The molecule has 0 spiro atoms. The van der Waals surface area contributed by atoms with Gasteiger partial charge in [-0.1, -0.05) is 0 Å². The van der Waals surface area contributed by atoms with E-state index in [1.807, 2.05) is 0 Å². The third-order valence-corrected chi connectivity index (χ3v) is 9.15. The van der Waals surface area contributed by atoms with Gasteiger partial charge in [-0.2, -0.15) is 0 Å². The van der Waals surface area contributed by atoms with E-state index >= 15 is 0 Å². The zero-order valence-electron chi connectivity index (χ0n) is 24.7. The van der Waals surface area contributed by atoms with Crippen molar-refractivity contribution in [2.45, 2.75) is 18.8 Å². The van der Waals surface area contributed by atoms with Crippen molar-refractivity contribution in [3.05, 3.63) is 42.0 Å². The summed E-state index contributed by atoms with van der Waals surface area (Å²) in [6, 6.07) is 6.49. The summed E-state index contributed by atoms with van der Waals surface area (Å²) in [7, 11) is 0. The van der Waals surface area contributed by atoms with Gasteiger partial charge >= 0.3 is 0 Å². The van der Waals surface area contributed by atoms with Crippen LogP contribution >= 0.6 is 0 Å². The van der Waals surface area contributed by atoms with Crippen molar-refractivity contribution in [2.75, 3.05) is 0 Å². The van der Waals surface area contributed by atoms with E-state index in [0.717, 1.165) is 36.4 Å². The molecule has 0 radical (unpaired) electrons. The molecule has 1 saturated carbocycles. The van der Waals surface area contributed by atoms with Crippen LogP contribution < -0.4 is 0 Å². The monoisotopic (exact) mass is 668 g/mol. The molecule has 248 valence electrons. The number of fused-ring (bicyclic) bond motifs is 5. The van der Waals surface area contributed by atoms with Crippen molar-refractivity contribution in [3.63, 3.8) is 0 Å². The van der Waals surface area contributed by atoms with Crippen LogP contribution in [0.15, 0.2) is 40.8 Å². The highest BCUT2D eigenvalue weighted by Gasteiger charge is 2.37. The summed E-state index contributed by atoms with van der Waals surface area (Å²) in [6.07, 6.45) is 1.11. The molecule has 0 unspecified atom stereocenters. The van der Waals surface area contributed by atoms with Gasteiger partial charge in [0.05, 0.1) is 0 Å². The summed E-state index contributed by atoms with van der Waals surface area (Å²) in [5.41, 5.74) is -1.15. The van der Waals surface area contributed by atoms with Crippen molar-refractivity contribution in [1.29, 1.82) is 0 Å². The largest absolute Gasteiger partial charge is 0.504 e. The number of phenols is 13. The molecular weight excluding hydrogens is 644 g/mol. The van der Waals surface area contributed by atoms with Crippen LogP contribution in [0.25, 0.3) is 65.7 Å². The highest BCUT2D eigenvalue weighted by molar-refractivity contribution is 6.29. The van der Waals surface area contributed by atoms with Crippen molar-refractivity contribution in [2.24, 2.45) is 0 Å². The van der Waals surface area contributed by atoms with Gasteiger partial charge < -0.3 is 70.8 Å². The number of aromatic hydroxyl groups is 13. The lowest BCUT2D eigenvalue weighted by atomic mass is 9.83. The Morgan fingerprint density at radius 2 is 0.816 bits per heavy atom. The van der Waals surface area contributed by atoms with Gasteiger partial charge in [-0.15, -0.1) is 0 Å². The summed E-state index contributed by atoms with van der Waals surface area (Å²) < 4.78 is 5.81. The first-order chi connectivity index (χ1) is 23.2. The Kier molecular flexibility index (Phi) is 5.73. The lowest BCUT2D eigenvalue weighted by Gasteiger charge is -2.21. The topological polar surface area (TPSA) is 276 Å². The minimum Gasteiger partial charge on any atom is -0.504 e. The molecule has 1 heterocycles. The van der Waals surface area contributed by atoms with Crippen LogP contribution in [0.5, 0.6) is 74.7 Å². The second-order valence-electron chi connectivity index (χ2n) is 12.1. The molecule has 0 bridgehead atoms. The number of hydrogen-bond acceptors (Lipinski definition) is 14. The molecule has 14 heteroatoms. The zero-order chi connectivity index (χ0) is 35.0. The second-order valence-corrected chi connectivity index (χ2v) is 12.1. The van der Waals surface area contributed by atoms with E-state index in [1.165, 1.54) is 0 Å². The van der Waals surface area contributed by atoms with E-state index in [4.69, 9.17) is 4.42 Å². The molecule has 0 amide bonds. The molecule has 0 saturated heterocycles. The van der Waals surface area contributed by atoms with E-state index in [-0.39, 0.29) is 66.1 Å². The van der Waals surface area contributed by atoms with Crippen LogP contribution in [-0.4, -0.2) is 66.4 Å². The predicted octanol–water partition coefficient (Wildman–Crippen LogP) is 6.28. The Morgan fingerprint density at radius 1 is 0.388 bits per heavy atom. The molecule has 1 aliphatic rings. The summed E-state index contributed by atoms with van der Waals surface area (Å²) in [6.45, 7) is 0. The zero-order valence-corrected chi connectivity index (χ0v) is 24.7. The first kappa shape index (κ1) is 29.4. The van der Waals surface area contributed by atoms with Crippen LogP contribution in [0.4, 0.5) is 0 Å². The van der Waals surface area contributed by atoms with Crippen LogP contribution in [0.2, 0.25) is 0 Å². The fraction of sp³-hybridized carbons (Fsp3) is 0.0857. The van der Waals surface area contributed by atoms with Crippen LogP contribution in [0.1, 0.15) is 24.3 Å². The normalized spacial score (nSPS) is 13.3. The predicted molar refractivity (Wildman–Crippen MR) is 173 cm³/mol. The van der Waals surface area contributed by atoms with Gasteiger partial charge in [0.15, 0.2) is 62.9 Å². The fourth-order valence-electron chi connectivity index (χ4n) is 6.80. The molecule has 1 aromatic heterocycles. The fourth-order valence-corrected chi connectivity index (χ4v) is 6.80. The highest BCUT2D eigenvalue weighted by Crippen LogP contribution is 2.62. The van der Waals surface area contributed by atoms with E-state index in [0.29, 0.717) is 12.8 Å². The summed E-state index contributed by atoms with van der Waals surface area (Å²) in [5, 5.41) is 140. The Balaban J connectivity index is 1.69. The Morgan fingerprint density at radius 3 is 1.29 bits per heavy atom.